The fraction of sp³-hybridized carbons (Fsp3) is 0.400. The number of aromatic nitrogens is 2. The molecule has 0 atom stereocenters. The lowest BCUT2D eigenvalue weighted by Crippen LogP contribution is -2.18. The van der Waals surface area contributed by atoms with Crippen LogP contribution >= 0.6 is 11.6 Å². The second kappa shape index (κ2) is 8.02. The summed E-state index contributed by atoms with van der Waals surface area (Å²) in [6.07, 6.45) is 1.82. The molecule has 0 saturated carbocycles. The van der Waals surface area contributed by atoms with Crippen molar-refractivity contribution in [3.63, 3.8) is 0 Å². The van der Waals surface area contributed by atoms with Crippen LogP contribution in [0.25, 0.3) is 11.3 Å². The Morgan fingerprint density at radius 3 is 2.95 bits per heavy atom. The summed E-state index contributed by atoms with van der Waals surface area (Å²) in [6.45, 7) is 4.73. The summed E-state index contributed by atoms with van der Waals surface area (Å²) in [5, 5.41) is 11.0. The van der Waals surface area contributed by atoms with Crippen molar-refractivity contribution in [1.29, 1.82) is 0 Å². The topological polar surface area (TPSA) is 59.2 Å². The van der Waals surface area contributed by atoms with E-state index in [0.29, 0.717) is 24.0 Å². The summed E-state index contributed by atoms with van der Waals surface area (Å²) >= 11 is 6.23. The van der Waals surface area contributed by atoms with Crippen molar-refractivity contribution in [2.24, 2.45) is 0 Å². The van der Waals surface area contributed by atoms with Gasteiger partial charge in [0, 0.05) is 31.3 Å². The van der Waals surface area contributed by atoms with Gasteiger partial charge in [0.05, 0.1) is 30.1 Å². The maximum Gasteiger partial charge on any atom is 0.137 e. The zero-order valence-corrected chi connectivity index (χ0v) is 13.0. The molecule has 1 aromatic carbocycles. The van der Waals surface area contributed by atoms with Gasteiger partial charge in [0.25, 0.3) is 0 Å². The predicted molar refractivity (Wildman–Crippen MR) is 83.8 cm³/mol. The van der Waals surface area contributed by atoms with Crippen molar-refractivity contribution in [2.75, 3.05) is 26.9 Å². The van der Waals surface area contributed by atoms with Crippen LogP contribution in [-0.2, 0) is 11.3 Å². The molecule has 0 aliphatic heterocycles. The number of benzene rings is 1. The summed E-state index contributed by atoms with van der Waals surface area (Å²) in [4.78, 5) is 0. The van der Waals surface area contributed by atoms with E-state index < -0.39 is 0 Å². The molecule has 0 aliphatic rings. The quantitative estimate of drug-likeness (QED) is 0.736. The Bertz CT molecular complexity index is 572. The zero-order valence-electron chi connectivity index (χ0n) is 12.3. The molecule has 2 N–H and O–H groups in total. The van der Waals surface area contributed by atoms with Crippen molar-refractivity contribution >= 4 is 11.6 Å². The number of nitrogens with one attached hydrogen (secondary N) is 2. The lowest BCUT2D eigenvalue weighted by molar-refractivity contribution is 0.199. The molecule has 0 radical (unpaired) electrons. The molecule has 0 fully saturated rings. The molecule has 5 nitrogen and oxygen atoms in total. The maximum atomic E-state index is 6.23. The number of aromatic amines is 1. The van der Waals surface area contributed by atoms with E-state index in [1.54, 1.807) is 7.11 Å². The number of nitrogens with zero attached hydrogens (tertiary/aromatic N) is 1. The highest BCUT2D eigenvalue weighted by atomic mass is 35.5. The van der Waals surface area contributed by atoms with Crippen LogP contribution in [0.2, 0.25) is 5.02 Å². The fourth-order valence-corrected chi connectivity index (χ4v) is 2.26. The van der Waals surface area contributed by atoms with Crippen molar-refractivity contribution in [3.05, 3.63) is 35.0 Å². The van der Waals surface area contributed by atoms with Gasteiger partial charge in [0.15, 0.2) is 0 Å². The minimum Gasteiger partial charge on any atom is -0.492 e. The van der Waals surface area contributed by atoms with Gasteiger partial charge in [-0.1, -0.05) is 11.6 Å². The predicted octanol–water partition coefficient (Wildman–Crippen LogP) is 2.86. The van der Waals surface area contributed by atoms with Gasteiger partial charge in [0.2, 0.25) is 0 Å². The average Bonchev–Trinajstić information content (AvgIpc) is 2.94. The van der Waals surface area contributed by atoms with Crippen LogP contribution in [0, 0.1) is 0 Å². The summed E-state index contributed by atoms with van der Waals surface area (Å²) in [6, 6.07) is 5.74. The van der Waals surface area contributed by atoms with E-state index in [1.165, 1.54) is 0 Å². The molecule has 0 amide bonds. The molecular weight excluding hydrogens is 290 g/mol. The Kier molecular flexibility index (Phi) is 6.04. The van der Waals surface area contributed by atoms with E-state index in [1.807, 2.05) is 31.3 Å². The first kappa shape index (κ1) is 15.8. The van der Waals surface area contributed by atoms with E-state index >= 15 is 0 Å². The van der Waals surface area contributed by atoms with Crippen molar-refractivity contribution < 1.29 is 9.47 Å². The van der Waals surface area contributed by atoms with Crippen LogP contribution in [0.15, 0.2) is 24.4 Å². The third-order valence-electron chi connectivity index (χ3n) is 3.04. The van der Waals surface area contributed by atoms with Gasteiger partial charge in [-0.15, -0.1) is 0 Å². The van der Waals surface area contributed by atoms with Crippen LogP contribution in [0.5, 0.6) is 5.75 Å². The van der Waals surface area contributed by atoms with E-state index in [-0.39, 0.29) is 0 Å². The van der Waals surface area contributed by atoms with Gasteiger partial charge in [-0.05, 0) is 25.1 Å². The third-order valence-corrected chi connectivity index (χ3v) is 3.33. The maximum absolute atomic E-state index is 6.23. The largest absolute Gasteiger partial charge is 0.492 e. The Labute approximate surface area is 129 Å². The Morgan fingerprint density at radius 2 is 2.24 bits per heavy atom. The normalized spacial score (nSPS) is 10.8. The smallest absolute Gasteiger partial charge is 0.137 e. The van der Waals surface area contributed by atoms with Gasteiger partial charge in [-0.25, -0.2) is 0 Å². The van der Waals surface area contributed by atoms with Crippen LogP contribution in [0.3, 0.4) is 0 Å². The summed E-state index contributed by atoms with van der Waals surface area (Å²) in [5.41, 5.74) is 3.04. The number of methoxy groups -OCH3 is 1. The summed E-state index contributed by atoms with van der Waals surface area (Å²) in [5.74, 6) is 0.696. The lowest BCUT2D eigenvalue weighted by atomic mass is 10.1. The number of ether oxygens (including phenoxy) is 2. The molecule has 1 aromatic heterocycles. The molecule has 0 aliphatic carbocycles. The Balaban J connectivity index is 2.11. The standard InChI is InChI=1S/C15H20ClN3O2/c1-3-21-14-5-4-11(8-13(14)16)15-12(10-18-19-15)9-17-6-7-20-2/h4-5,8,10,17H,3,6-7,9H2,1-2H3,(H,18,19). The molecule has 6 heteroatoms. The average molecular weight is 310 g/mol. The highest BCUT2D eigenvalue weighted by Gasteiger charge is 2.10. The number of hydrogen-bond donors (Lipinski definition) is 2. The van der Waals surface area contributed by atoms with Crippen molar-refractivity contribution in [2.45, 2.75) is 13.5 Å². The highest BCUT2D eigenvalue weighted by molar-refractivity contribution is 6.32. The van der Waals surface area contributed by atoms with Crippen LogP contribution in [0.1, 0.15) is 12.5 Å². The molecule has 0 saturated heterocycles. The number of hydrogen-bond acceptors (Lipinski definition) is 4. The summed E-state index contributed by atoms with van der Waals surface area (Å²) in [7, 11) is 1.69. The van der Waals surface area contributed by atoms with Gasteiger partial charge in [0.1, 0.15) is 5.75 Å². The molecule has 0 unspecified atom stereocenters. The number of halogens is 1. The molecule has 0 bridgehead atoms. The first-order valence-electron chi connectivity index (χ1n) is 6.90. The number of H-pyrrole nitrogens is 1. The minimum absolute atomic E-state index is 0.595. The Hall–Kier alpha value is -1.56. The molecule has 2 aromatic rings. The third kappa shape index (κ3) is 4.20. The van der Waals surface area contributed by atoms with Gasteiger partial charge in [-0.2, -0.15) is 5.10 Å². The fourth-order valence-electron chi connectivity index (χ4n) is 2.02. The first-order chi connectivity index (χ1) is 10.3. The van der Waals surface area contributed by atoms with E-state index in [4.69, 9.17) is 21.1 Å². The monoisotopic (exact) mass is 309 g/mol. The second-order valence-electron chi connectivity index (χ2n) is 4.52. The van der Waals surface area contributed by atoms with Crippen molar-refractivity contribution in [1.82, 2.24) is 15.5 Å². The van der Waals surface area contributed by atoms with Crippen LogP contribution < -0.4 is 10.1 Å². The second-order valence-corrected chi connectivity index (χ2v) is 4.93. The zero-order chi connectivity index (χ0) is 15.1. The Morgan fingerprint density at radius 1 is 1.38 bits per heavy atom. The van der Waals surface area contributed by atoms with Crippen LogP contribution in [-0.4, -0.2) is 37.1 Å². The molecular formula is C15H20ClN3O2. The molecule has 114 valence electrons. The lowest BCUT2D eigenvalue weighted by Gasteiger charge is -2.09. The molecule has 2 rings (SSSR count). The highest BCUT2D eigenvalue weighted by Crippen LogP contribution is 2.30. The molecule has 21 heavy (non-hydrogen) atoms. The summed E-state index contributed by atoms with van der Waals surface area (Å²) < 4.78 is 10.5. The minimum atomic E-state index is 0.595. The van der Waals surface area contributed by atoms with E-state index in [9.17, 15) is 0 Å². The van der Waals surface area contributed by atoms with E-state index in [2.05, 4.69) is 15.5 Å². The van der Waals surface area contributed by atoms with Gasteiger partial charge < -0.3 is 14.8 Å². The molecule has 1 heterocycles. The van der Waals surface area contributed by atoms with Crippen molar-refractivity contribution in [3.8, 4) is 17.0 Å². The van der Waals surface area contributed by atoms with Crippen LogP contribution in [0.4, 0.5) is 0 Å². The van der Waals surface area contributed by atoms with E-state index in [0.717, 1.165) is 29.9 Å². The SMILES string of the molecule is CCOc1ccc(-c2[nH]ncc2CNCCOC)cc1Cl. The van der Waals surface area contributed by atoms with Gasteiger partial charge in [-0.3, -0.25) is 5.10 Å². The van der Waals surface area contributed by atoms with Gasteiger partial charge >= 0.3 is 0 Å². The first-order valence-corrected chi connectivity index (χ1v) is 7.28. The molecule has 0 spiro atoms. The number of rotatable bonds is 8.